The number of primary amides is 1. The fourth-order valence-corrected chi connectivity index (χ4v) is 1.90. The van der Waals surface area contributed by atoms with Gasteiger partial charge in [0.2, 0.25) is 5.91 Å². The van der Waals surface area contributed by atoms with E-state index < -0.39 is 0 Å². The van der Waals surface area contributed by atoms with E-state index in [9.17, 15) is 4.79 Å². The van der Waals surface area contributed by atoms with E-state index in [1.54, 1.807) is 0 Å². The number of hydrogen-bond donors (Lipinski definition) is 2. The number of amides is 1. The largest absolute Gasteiger partial charge is 0.369 e. The Hall–Kier alpha value is -1.00. The molecule has 0 saturated carbocycles. The van der Waals surface area contributed by atoms with Gasteiger partial charge in [-0.25, -0.2) is 0 Å². The first-order valence-corrected chi connectivity index (χ1v) is 6.41. The second-order valence-electron chi connectivity index (χ2n) is 3.58. The van der Waals surface area contributed by atoms with Crippen LogP contribution < -0.4 is 11.1 Å². The highest BCUT2D eigenvalue weighted by atomic mass is 32.2. The molecule has 0 radical (unpaired) electrons. The average Bonchev–Trinajstić information content (AvgIpc) is 2.28. The molecule has 0 aliphatic heterocycles. The van der Waals surface area contributed by atoms with Gasteiger partial charge in [-0.3, -0.25) is 4.79 Å². The molecular formula is C12H18N2OS. The quantitative estimate of drug-likeness (QED) is 0.562. The first kappa shape index (κ1) is 13.1. The van der Waals surface area contributed by atoms with Crippen molar-refractivity contribution < 1.29 is 4.79 Å². The molecule has 3 N–H and O–H groups in total. The monoisotopic (exact) mass is 238 g/mol. The number of rotatable bonds is 7. The predicted molar refractivity (Wildman–Crippen MR) is 68.4 cm³/mol. The van der Waals surface area contributed by atoms with Gasteiger partial charge in [-0.05, 0) is 30.7 Å². The molecule has 16 heavy (non-hydrogen) atoms. The van der Waals surface area contributed by atoms with Crippen molar-refractivity contribution in [2.45, 2.75) is 24.8 Å². The maximum Gasteiger partial charge on any atom is 0.227 e. The normalized spacial score (nSPS) is 10.3. The molecule has 0 fully saturated rings. The lowest BCUT2D eigenvalue weighted by molar-refractivity contribution is -0.115. The van der Waals surface area contributed by atoms with Crippen LogP contribution >= 0.6 is 11.8 Å². The minimum Gasteiger partial charge on any atom is -0.369 e. The van der Waals surface area contributed by atoms with E-state index in [1.807, 2.05) is 12.1 Å². The van der Waals surface area contributed by atoms with Crippen LogP contribution in [0.4, 0.5) is 0 Å². The van der Waals surface area contributed by atoms with Crippen LogP contribution in [0.3, 0.4) is 0 Å². The van der Waals surface area contributed by atoms with Gasteiger partial charge in [-0.1, -0.05) is 19.1 Å². The molecule has 0 heterocycles. The van der Waals surface area contributed by atoms with Gasteiger partial charge in [0, 0.05) is 11.4 Å². The molecule has 1 amide bonds. The average molecular weight is 238 g/mol. The molecule has 1 rings (SSSR count). The lowest BCUT2D eigenvalue weighted by Gasteiger charge is -2.04. The van der Waals surface area contributed by atoms with Gasteiger partial charge in [-0.2, -0.15) is 0 Å². The van der Waals surface area contributed by atoms with Crippen molar-refractivity contribution in [2.75, 3.05) is 12.3 Å². The molecule has 3 nitrogen and oxygen atoms in total. The van der Waals surface area contributed by atoms with Crippen molar-refractivity contribution in [1.29, 1.82) is 0 Å². The predicted octanol–water partition coefficient (Wildman–Crippen LogP) is 1.76. The Labute approximate surface area is 101 Å². The van der Waals surface area contributed by atoms with Crippen LogP contribution in [-0.4, -0.2) is 18.2 Å². The molecule has 0 aliphatic carbocycles. The van der Waals surface area contributed by atoms with E-state index in [4.69, 9.17) is 5.73 Å². The van der Waals surface area contributed by atoms with Gasteiger partial charge in [0.25, 0.3) is 0 Å². The molecule has 0 aliphatic rings. The summed E-state index contributed by atoms with van der Waals surface area (Å²) >= 11 is 1.47. The standard InChI is InChI=1S/C12H18N2OS/c1-2-7-14-8-10-3-5-11(6-4-10)16-9-12(13)15/h3-6,14H,2,7-9H2,1H3,(H2,13,15). The molecule has 0 bridgehead atoms. The first-order valence-electron chi connectivity index (χ1n) is 5.43. The van der Waals surface area contributed by atoms with Gasteiger partial charge >= 0.3 is 0 Å². The number of carbonyl (C=O) groups is 1. The summed E-state index contributed by atoms with van der Waals surface area (Å²) in [4.78, 5) is 11.7. The van der Waals surface area contributed by atoms with Crippen molar-refractivity contribution >= 4 is 17.7 Å². The number of nitrogens with one attached hydrogen (secondary N) is 1. The fourth-order valence-electron chi connectivity index (χ4n) is 1.27. The highest BCUT2D eigenvalue weighted by Gasteiger charge is 1.98. The maximum absolute atomic E-state index is 10.6. The van der Waals surface area contributed by atoms with Crippen LogP contribution in [0.15, 0.2) is 29.2 Å². The van der Waals surface area contributed by atoms with Crippen LogP contribution in [0.1, 0.15) is 18.9 Å². The molecular weight excluding hydrogens is 220 g/mol. The Morgan fingerprint density at radius 3 is 2.62 bits per heavy atom. The minimum atomic E-state index is -0.279. The van der Waals surface area contributed by atoms with Crippen molar-refractivity contribution in [3.8, 4) is 0 Å². The van der Waals surface area contributed by atoms with Gasteiger partial charge in [-0.15, -0.1) is 11.8 Å². The van der Waals surface area contributed by atoms with Crippen LogP contribution in [0.25, 0.3) is 0 Å². The molecule has 0 saturated heterocycles. The highest BCUT2D eigenvalue weighted by molar-refractivity contribution is 8.00. The fraction of sp³-hybridized carbons (Fsp3) is 0.417. The van der Waals surface area contributed by atoms with Crippen LogP contribution in [-0.2, 0) is 11.3 Å². The summed E-state index contributed by atoms with van der Waals surface area (Å²) in [6.07, 6.45) is 1.15. The van der Waals surface area contributed by atoms with Crippen LogP contribution in [0, 0.1) is 0 Å². The third-order valence-corrected chi connectivity index (χ3v) is 3.09. The number of nitrogens with two attached hydrogens (primary N) is 1. The van der Waals surface area contributed by atoms with Crippen molar-refractivity contribution in [2.24, 2.45) is 5.73 Å². The van der Waals surface area contributed by atoms with E-state index in [0.29, 0.717) is 5.75 Å². The summed E-state index contributed by atoms with van der Waals surface area (Å²) < 4.78 is 0. The Balaban J connectivity index is 2.38. The Morgan fingerprint density at radius 2 is 2.06 bits per heavy atom. The number of hydrogen-bond acceptors (Lipinski definition) is 3. The van der Waals surface area contributed by atoms with Gasteiger partial charge < -0.3 is 11.1 Å². The zero-order valence-corrected chi connectivity index (χ0v) is 10.3. The van der Waals surface area contributed by atoms with Crippen molar-refractivity contribution in [1.82, 2.24) is 5.32 Å². The third-order valence-electron chi connectivity index (χ3n) is 2.06. The summed E-state index contributed by atoms with van der Waals surface area (Å²) in [5.41, 5.74) is 6.34. The zero-order valence-electron chi connectivity index (χ0n) is 9.53. The van der Waals surface area contributed by atoms with Crippen molar-refractivity contribution in [3.05, 3.63) is 29.8 Å². The summed E-state index contributed by atoms with van der Waals surface area (Å²) in [7, 11) is 0. The molecule has 0 aromatic heterocycles. The third kappa shape index (κ3) is 5.19. The molecule has 0 atom stereocenters. The summed E-state index contributed by atoms with van der Waals surface area (Å²) in [5.74, 6) is 0.0617. The topological polar surface area (TPSA) is 55.1 Å². The van der Waals surface area contributed by atoms with E-state index in [0.717, 1.165) is 24.4 Å². The SMILES string of the molecule is CCCNCc1ccc(SCC(N)=O)cc1. The van der Waals surface area contributed by atoms with Gasteiger partial charge in [0.15, 0.2) is 0 Å². The molecule has 88 valence electrons. The second kappa shape index (κ2) is 7.30. The maximum atomic E-state index is 10.6. The van der Waals surface area contributed by atoms with Gasteiger partial charge in [0.05, 0.1) is 5.75 Å². The zero-order chi connectivity index (χ0) is 11.8. The Bertz CT molecular complexity index is 324. The van der Waals surface area contributed by atoms with E-state index in [-0.39, 0.29) is 5.91 Å². The molecule has 1 aromatic rings. The van der Waals surface area contributed by atoms with E-state index >= 15 is 0 Å². The molecule has 4 heteroatoms. The van der Waals surface area contributed by atoms with E-state index in [2.05, 4.69) is 24.4 Å². The van der Waals surface area contributed by atoms with Crippen LogP contribution in [0.2, 0.25) is 0 Å². The molecule has 0 unspecified atom stereocenters. The lowest BCUT2D eigenvalue weighted by Crippen LogP contribution is -2.13. The smallest absolute Gasteiger partial charge is 0.227 e. The van der Waals surface area contributed by atoms with Gasteiger partial charge in [0.1, 0.15) is 0 Å². The summed E-state index contributed by atoms with van der Waals surface area (Å²) in [6.45, 7) is 4.09. The summed E-state index contributed by atoms with van der Waals surface area (Å²) in [6, 6.07) is 8.20. The lowest BCUT2D eigenvalue weighted by atomic mass is 10.2. The Kier molecular flexibility index (Phi) is 5.96. The number of carbonyl (C=O) groups excluding carboxylic acids is 1. The highest BCUT2D eigenvalue weighted by Crippen LogP contribution is 2.17. The van der Waals surface area contributed by atoms with Crippen LogP contribution in [0.5, 0.6) is 0 Å². The number of benzene rings is 1. The first-order chi connectivity index (χ1) is 7.72. The molecule has 0 spiro atoms. The minimum absolute atomic E-state index is 0.279. The summed E-state index contributed by atoms with van der Waals surface area (Å²) in [5, 5.41) is 3.34. The van der Waals surface area contributed by atoms with Crippen molar-refractivity contribution in [3.63, 3.8) is 0 Å². The second-order valence-corrected chi connectivity index (χ2v) is 4.62. The Morgan fingerprint density at radius 1 is 1.38 bits per heavy atom. The molecule has 1 aromatic carbocycles. The van der Waals surface area contributed by atoms with E-state index in [1.165, 1.54) is 17.3 Å². The number of thioether (sulfide) groups is 1.